The van der Waals surface area contributed by atoms with Gasteiger partial charge in [0, 0.05) is 41.4 Å². The molecule has 0 atom stereocenters. The van der Waals surface area contributed by atoms with Crippen LogP contribution in [0.2, 0.25) is 0 Å². The second kappa shape index (κ2) is 5.89. The molecule has 1 aliphatic carbocycles. The van der Waals surface area contributed by atoms with Crippen LogP contribution in [0.3, 0.4) is 0 Å². The molecule has 3 rings (SSSR count). The maximum absolute atomic E-state index is 12.2. The van der Waals surface area contributed by atoms with E-state index in [1.165, 1.54) is 16.4 Å². The first-order valence-electron chi connectivity index (χ1n) is 6.97. The second-order valence-corrected chi connectivity index (χ2v) is 6.72. The minimum absolute atomic E-state index is 0.247. The summed E-state index contributed by atoms with van der Waals surface area (Å²) in [5, 5.41) is 0. The Bertz CT molecular complexity index is 448. The topological polar surface area (TPSA) is 23.6 Å². The molecule has 1 saturated carbocycles. The zero-order valence-corrected chi connectivity index (χ0v) is 13.2. The number of nitrogens with zero attached hydrogens (tertiary/aromatic N) is 2. The summed E-state index contributed by atoms with van der Waals surface area (Å²) < 4.78 is 1.17. The van der Waals surface area contributed by atoms with E-state index in [4.69, 9.17) is 0 Å². The first-order chi connectivity index (χ1) is 9.22. The average Bonchev–Trinajstić information content (AvgIpc) is 3.25. The van der Waals surface area contributed by atoms with E-state index in [-0.39, 0.29) is 5.78 Å². The number of piperazine rings is 1. The van der Waals surface area contributed by atoms with Crippen LogP contribution in [0.1, 0.15) is 23.2 Å². The number of benzene rings is 1. The van der Waals surface area contributed by atoms with Crippen molar-refractivity contribution in [3.63, 3.8) is 0 Å². The lowest BCUT2D eigenvalue weighted by atomic mass is 10.1. The van der Waals surface area contributed by atoms with Crippen molar-refractivity contribution in [2.75, 3.05) is 32.7 Å². The summed E-state index contributed by atoms with van der Waals surface area (Å²) in [5.74, 6) is 0.247. The van der Waals surface area contributed by atoms with E-state index >= 15 is 0 Å². The Kier molecular flexibility index (Phi) is 4.19. The van der Waals surface area contributed by atoms with Crippen LogP contribution in [0.15, 0.2) is 24.3 Å². The maximum atomic E-state index is 12.2. The van der Waals surface area contributed by atoms with E-state index in [0.29, 0.717) is 6.54 Å². The Morgan fingerprint density at radius 1 is 1.11 bits per heavy atom. The van der Waals surface area contributed by atoms with Gasteiger partial charge in [-0.25, -0.2) is 0 Å². The van der Waals surface area contributed by atoms with Crippen LogP contribution in [0.25, 0.3) is 0 Å². The van der Waals surface area contributed by atoms with Crippen molar-refractivity contribution >= 4 is 28.4 Å². The molecule has 2 fully saturated rings. The highest BCUT2D eigenvalue weighted by molar-refractivity contribution is 14.1. The van der Waals surface area contributed by atoms with Crippen molar-refractivity contribution in [2.45, 2.75) is 18.9 Å². The second-order valence-electron chi connectivity index (χ2n) is 5.47. The first kappa shape index (κ1) is 13.5. The van der Waals surface area contributed by atoms with Gasteiger partial charge in [0.05, 0.1) is 6.54 Å². The van der Waals surface area contributed by atoms with Crippen molar-refractivity contribution in [1.82, 2.24) is 9.80 Å². The van der Waals surface area contributed by atoms with Crippen LogP contribution in [0.4, 0.5) is 0 Å². The number of Topliss-reactive ketones (excluding diaryl/α,β-unsaturated/α-hetero) is 1. The molecule has 0 spiro atoms. The maximum Gasteiger partial charge on any atom is 0.176 e. The number of carbonyl (C=O) groups excluding carboxylic acids is 1. The van der Waals surface area contributed by atoms with E-state index < -0.39 is 0 Å². The van der Waals surface area contributed by atoms with Gasteiger partial charge in [-0.1, -0.05) is 12.1 Å². The van der Waals surface area contributed by atoms with Crippen LogP contribution < -0.4 is 0 Å². The molecule has 0 aromatic heterocycles. The van der Waals surface area contributed by atoms with Gasteiger partial charge in [0.1, 0.15) is 0 Å². The van der Waals surface area contributed by atoms with E-state index in [0.717, 1.165) is 37.8 Å². The summed E-state index contributed by atoms with van der Waals surface area (Å²) in [4.78, 5) is 17.1. The molecule has 0 radical (unpaired) electrons. The van der Waals surface area contributed by atoms with Crippen molar-refractivity contribution in [2.24, 2.45) is 0 Å². The normalized spacial score (nSPS) is 21.5. The summed E-state index contributed by atoms with van der Waals surface area (Å²) in [6.45, 7) is 4.90. The summed E-state index contributed by atoms with van der Waals surface area (Å²) in [6.07, 6.45) is 2.75. The Hall–Kier alpha value is -0.460. The summed E-state index contributed by atoms with van der Waals surface area (Å²) in [6, 6.07) is 8.72. The lowest BCUT2D eigenvalue weighted by molar-refractivity contribution is 0.0843. The standard InChI is InChI=1S/C15H19IN2O/c16-13-3-1-12(2-4-13)15(19)11-17-7-9-18(10-8-17)14-5-6-14/h1-4,14H,5-11H2. The van der Waals surface area contributed by atoms with Crippen LogP contribution in [0, 0.1) is 3.57 Å². The smallest absolute Gasteiger partial charge is 0.176 e. The van der Waals surface area contributed by atoms with Crippen LogP contribution in [-0.2, 0) is 0 Å². The lowest BCUT2D eigenvalue weighted by Crippen LogP contribution is -2.48. The summed E-state index contributed by atoms with van der Waals surface area (Å²) >= 11 is 2.26. The Labute approximate surface area is 128 Å². The zero-order chi connectivity index (χ0) is 13.2. The fourth-order valence-electron chi connectivity index (χ4n) is 2.66. The molecule has 0 amide bonds. The van der Waals surface area contributed by atoms with Gasteiger partial charge >= 0.3 is 0 Å². The Balaban J connectivity index is 1.51. The third-order valence-corrected chi connectivity index (χ3v) is 4.72. The Morgan fingerprint density at radius 3 is 2.32 bits per heavy atom. The number of ketones is 1. The number of halogens is 1. The van der Waals surface area contributed by atoms with E-state index in [1.54, 1.807) is 0 Å². The molecule has 2 aliphatic rings. The van der Waals surface area contributed by atoms with Crippen molar-refractivity contribution < 1.29 is 4.79 Å². The SMILES string of the molecule is O=C(CN1CCN(C2CC2)CC1)c1ccc(I)cc1. The van der Waals surface area contributed by atoms with Gasteiger partial charge in [-0.05, 0) is 47.6 Å². The van der Waals surface area contributed by atoms with Gasteiger partial charge in [0.25, 0.3) is 0 Å². The van der Waals surface area contributed by atoms with E-state index in [1.807, 2.05) is 24.3 Å². The van der Waals surface area contributed by atoms with Crippen LogP contribution in [0.5, 0.6) is 0 Å². The monoisotopic (exact) mass is 370 g/mol. The predicted molar refractivity (Wildman–Crippen MR) is 84.5 cm³/mol. The predicted octanol–water partition coefficient (Wildman–Crippen LogP) is 2.25. The number of rotatable bonds is 4. The molecule has 1 aromatic rings. The zero-order valence-electron chi connectivity index (χ0n) is 11.0. The molecule has 1 aromatic carbocycles. The molecule has 1 aliphatic heterocycles. The number of hydrogen-bond acceptors (Lipinski definition) is 3. The van der Waals surface area contributed by atoms with Crippen molar-refractivity contribution in [3.05, 3.63) is 33.4 Å². The summed E-state index contributed by atoms with van der Waals surface area (Å²) in [7, 11) is 0. The molecule has 1 saturated heterocycles. The largest absolute Gasteiger partial charge is 0.298 e. The molecule has 0 unspecified atom stereocenters. The molecule has 1 heterocycles. The van der Waals surface area contributed by atoms with Gasteiger partial charge in [0.15, 0.2) is 5.78 Å². The fourth-order valence-corrected chi connectivity index (χ4v) is 3.02. The van der Waals surface area contributed by atoms with Crippen molar-refractivity contribution in [3.8, 4) is 0 Å². The quantitative estimate of drug-likeness (QED) is 0.600. The van der Waals surface area contributed by atoms with Gasteiger partial charge in [-0.15, -0.1) is 0 Å². The third-order valence-electron chi connectivity index (χ3n) is 4.00. The highest BCUT2D eigenvalue weighted by Gasteiger charge is 2.31. The van der Waals surface area contributed by atoms with Gasteiger partial charge < -0.3 is 0 Å². The van der Waals surface area contributed by atoms with E-state index in [2.05, 4.69) is 32.4 Å². The Morgan fingerprint density at radius 2 is 1.74 bits per heavy atom. The van der Waals surface area contributed by atoms with Crippen molar-refractivity contribution in [1.29, 1.82) is 0 Å². The highest BCUT2D eigenvalue weighted by Crippen LogP contribution is 2.27. The summed E-state index contributed by atoms with van der Waals surface area (Å²) in [5.41, 5.74) is 0.838. The molecular weight excluding hydrogens is 351 g/mol. The lowest BCUT2D eigenvalue weighted by Gasteiger charge is -2.34. The molecular formula is C15H19IN2O. The van der Waals surface area contributed by atoms with Gasteiger partial charge in [-0.2, -0.15) is 0 Å². The molecule has 3 nitrogen and oxygen atoms in total. The number of carbonyl (C=O) groups is 1. The molecule has 4 heteroatoms. The number of hydrogen-bond donors (Lipinski definition) is 0. The van der Waals surface area contributed by atoms with E-state index in [9.17, 15) is 4.79 Å². The molecule has 19 heavy (non-hydrogen) atoms. The fraction of sp³-hybridized carbons (Fsp3) is 0.533. The minimum Gasteiger partial charge on any atom is -0.298 e. The minimum atomic E-state index is 0.247. The van der Waals surface area contributed by atoms with Gasteiger partial charge in [-0.3, -0.25) is 14.6 Å². The van der Waals surface area contributed by atoms with Gasteiger partial charge in [0.2, 0.25) is 0 Å². The van der Waals surface area contributed by atoms with Crippen LogP contribution >= 0.6 is 22.6 Å². The highest BCUT2D eigenvalue weighted by atomic mass is 127. The molecule has 0 N–H and O–H groups in total. The third kappa shape index (κ3) is 3.55. The van der Waals surface area contributed by atoms with Crippen LogP contribution in [-0.4, -0.2) is 54.3 Å². The average molecular weight is 370 g/mol. The molecule has 0 bridgehead atoms. The molecule has 102 valence electrons. The first-order valence-corrected chi connectivity index (χ1v) is 8.05.